The zero-order valence-electron chi connectivity index (χ0n) is 12.7. The summed E-state index contributed by atoms with van der Waals surface area (Å²) in [5, 5.41) is 3.00. The first-order chi connectivity index (χ1) is 10.0. The fraction of sp³-hybridized carbons (Fsp3) is 0.562. The molecule has 3 N–H and O–H groups in total. The number of rotatable bonds is 4. The van der Waals surface area contributed by atoms with Crippen molar-refractivity contribution in [3.63, 3.8) is 0 Å². The normalized spacial score (nSPS) is 23.0. The topological polar surface area (TPSA) is 58.4 Å². The van der Waals surface area contributed by atoms with Crippen LogP contribution in [-0.2, 0) is 4.79 Å². The van der Waals surface area contributed by atoms with Gasteiger partial charge in [-0.25, -0.2) is 0 Å². The third kappa shape index (κ3) is 4.28. The third-order valence-corrected chi connectivity index (χ3v) is 4.77. The molecular formula is C16H24BrN3O. The van der Waals surface area contributed by atoms with Crippen LogP contribution in [0.4, 0.5) is 5.69 Å². The Labute approximate surface area is 135 Å². The Morgan fingerprint density at radius 3 is 2.95 bits per heavy atom. The summed E-state index contributed by atoms with van der Waals surface area (Å²) in [4.78, 5) is 14.5. The van der Waals surface area contributed by atoms with E-state index in [1.54, 1.807) is 0 Å². The number of hydrogen-bond acceptors (Lipinski definition) is 3. The third-order valence-electron chi connectivity index (χ3n) is 4.28. The van der Waals surface area contributed by atoms with Crippen molar-refractivity contribution in [3.8, 4) is 0 Å². The highest BCUT2D eigenvalue weighted by Crippen LogP contribution is 2.23. The van der Waals surface area contributed by atoms with E-state index in [1.807, 2.05) is 25.1 Å². The van der Waals surface area contributed by atoms with Gasteiger partial charge in [0.1, 0.15) is 0 Å². The summed E-state index contributed by atoms with van der Waals surface area (Å²) in [6, 6.07) is 6.18. The molecule has 2 unspecified atom stereocenters. The van der Waals surface area contributed by atoms with E-state index in [9.17, 15) is 4.79 Å². The van der Waals surface area contributed by atoms with Crippen molar-refractivity contribution >= 4 is 27.5 Å². The van der Waals surface area contributed by atoms with Crippen LogP contribution >= 0.6 is 15.9 Å². The van der Waals surface area contributed by atoms with Crippen molar-refractivity contribution in [1.29, 1.82) is 0 Å². The van der Waals surface area contributed by atoms with Crippen molar-refractivity contribution in [2.24, 2.45) is 11.7 Å². The minimum Gasteiger partial charge on any atom is -0.329 e. The molecule has 116 valence electrons. The smallest absolute Gasteiger partial charge is 0.238 e. The van der Waals surface area contributed by atoms with Gasteiger partial charge in [0.15, 0.2) is 0 Å². The summed E-state index contributed by atoms with van der Waals surface area (Å²) in [6.45, 7) is 6.21. The molecule has 0 spiro atoms. The Kier molecular flexibility index (Phi) is 5.79. The van der Waals surface area contributed by atoms with Crippen LogP contribution in [0.25, 0.3) is 0 Å². The zero-order valence-corrected chi connectivity index (χ0v) is 14.3. The van der Waals surface area contributed by atoms with E-state index in [2.05, 4.69) is 33.1 Å². The van der Waals surface area contributed by atoms with Gasteiger partial charge < -0.3 is 11.1 Å². The number of nitrogens with zero attached hydrogens (tertiary/aromatic N) is 1. The van der Waals surface area contributed by atoms with Crippen molar-refractivity contribution in [1.82, 2.24) is 4.90 Å². The first-order valence-corrected chi connectivity index (χ1v) is 8.30. The molecule has 0 aliphatic carbocycles. The molecule has 1 amide bonds. The van der Waals surface area contributed by atoms with E-state index >= 15 is 0 Å². The molecule has 1 fully saturated rings. The fourth-order valence-corrected chi connectivity index (χ4v) is 3.53. The van der Waals surface area contributed by atoms with E-state index in [0.717, 1.165) is 28.7 Å². The molecule has 2 rings (SSSR count). The maximum absolute atomic E-state index is 12.3. The van der Waals surface area contributed by atoms with Gasteiger partial charge >= 0.3 is 0 Å². The number of benzene rings is 1. The number of carbonyl (C=O) groups is 1. The van der Waals surface area contributed by atoms with Crippen LogP contribution in [0.2, 0.25) is 0 Å². The summed E-state index contributed by atoms with van der Waals surface area (Å²) in [7, 11) is 0. The van der Waals surface area contributed by atoms with Gasteiger partial charge in [-0.15, -0.1) is 0 Å². The number of halogens is 1. The molecule has 1 saturated heterocycles. The lowest BCUT2D eigenvalue weighted by molar-refractivity contribution is -0.118. The van der Waals surface area contributed by atoms with Crippen molar-refractivity contribution in [2.75, 3.05) is 25.0 Å². The lowest BCUT2D eigenvalue weighted by atomic mass is 9.91. The summed E-state index contributed by atoms with van der Waals surface area (Å²) in [5.41, 5.74) is 7.80. The molecule has 0 aromatic heterocycles. The van der Waals surface area contributed by atoms with Crippen LogP contribution in [0.1, 0.15) is 25.3 Å². The highest BCUT2D eigenvalue weighted by Gasteiger charge is 2.28. The minimum absolute atomic E-state index is 0.0352. The van der Waals surface area contributed by atoms with Gasteiger partial charge in [0, 0.05) is 22.7 Å². The molecule has 1 aromatic rings. The van der Waals surface area contributed by atoms with Crippen LogP contribution in [-0.4, -0.2) is 36.5 Å². The fourth-order valence-electron chi connectivity index (χ4n) is 3.05. The molecular weight excluding hydrogens is 330 g/mol. The molecule has 1 aromatic carbocycles. The highest BCUT2D eigenvalue weighted by atomic mass is 79.9. The number of nitrogens with two attached hydrogens (primary N) is 1. The zero-order chi connectivity index (χ0) is 15.4. The summed E-state index contributed by atoms with van der Waals surface area (Å²) >= 11 is 3.43. The number of likely N-dealkylation sites (tertiary alicyclic amines) is 1. The minimum atomic E-state index is 0.0352. The number of hydrogen-bond donors (Lipinski definition) is 2. The van der Waals surface area contributed by atoms with E-state index in [0.29, 0.717) is 25.0 Å². The predicted molar refractivity (Wildman–Crippen MR) is 90.3 cm³/mol. The van der Waals surface area contributed by atoms with Crippen LogP contribution in [0.3, 0.4) is 0 Å². The number of piperidine rings is 1. The monoisotopic (exact) mass is 353 g/mol. The average molecular weight is 354 g/mol. The number of amides is 1. The highest BCUT2D eigenvalue weighted by molar-refractivity contribution is 9.10. The molecule has 2 atom stereocenters. The summed E-state index contributed by atoms with van der Waals surface area (Å²) < 4.78 is 1.02. The Morgan fingerprint density at radius 2 is 2.29 bits per heavy atom. The SMILES string of the molecule is Cc1cc(Br)ccc1NC(=O)CN1CCCC(C)C1CN. The number of anilines is 1. The molecule has 4 nitrogen and oxygen atoms in total. The van der Waals surface area contributed by atoms with Gasteiger partial charge in [-0.05, 0) is 56.0 Å². The molecule has 1 aliphatic heterocycles. The Morgan fingerprint density at radius 1 is 1.52 bits per heavy atom. The van der Waals surface area contributed by atoms with E-state index in [4.69, 9.17) is 5.73 Å². The van der Waals surface area contributed by atoms with Crippen LogP contribution in [0.5, 0.6) is 0 Å². The van der Waals surface area contributed by atoms with Crippen molar-refractivity contribution < 1.29 is 4.79 Å². The van der Waals surface area contributed by atoms with Crippen molar-refractivity contribution in [3.05, 3.63) is 28.2 Å². The first kappa shape index (κ1) is 16.5. The largest absolute Gasteiger partial charge is 0.329 e. The van der Waals surface area contributed by atoms with Crippen LogP contribution in [0.15, 0.2) is 22.7 Å². The second-order valence-electron chi connectivity index (χ2n) is 5.90. The standard InChI is InChI=1S/C16H24BrN3O/c1-11-4-3-7-20(15(11)9-18)10-16(21)19-14-6-5-13(17)8-12(14)2/h5-6,8,11,15H,3-4,7,9-10,18H2,1-2H3,(H,19,21). The van der Waals surface area contributed by atoms with E-state index < -0.39 is 0 Å². The number of carbonyl (C=O) groups excluding carboxylic acids is 1. The van der Waals surface area contributed by atoms with Crippen molar-refractivity contribution in [2.45, 2.75) is 32.7 Å². The van der Waals surface area contributed by atoms with Crippen LogP contribution < -0.4 is 11.1 Å². The lowest BCUT2D eigenvalue weighted by Crippen LogP contribution is -2.51. The Balaban J connectivity index is 1.97. The number of nitrogens with one attached hydrogen (secondary N) is 1. The maximum atomic E-state index is 12.3. The van der Waals surface area contributed by atoms with Gasteiger partial charge in [-0.1, -0.05) is 22.9 Å². The average Bonchev–Trinajstić information content (AvgIpc) is 2.42. The molecule has 0 bridgehead atoms. The first-order valence-electron chi connectivity index (χ1n) is 7.51. The summed E-state index contributed by atoms with van der Waals surface area (Å²) in [5.74, 6) is 0.596. The lowest BCUT2D eigenvalue weighted by Gasteiger charge is -2.38. The van der Waals surface area contributed by atoms with Crippen LogP contribution in [0, 0.1) is 12.8 Å². The molecule has 1 heterocycles. The molecule has 1 aliphatic rings. The van der Waals surface area contributed by atoms with E-state index in [-0.39, 0.29) is 5.91 Å². The summed E-state index contributed by atoms with van der Waals surface area (Å²) in [6.07, 6.45) is 2.34. The second-order valence-corrected chi connectivity index (χ2v) is 6.82. The molecule has 5 heteroatoms. The second kappa shape index (κ2) is 7.38. The molecule has 0 radical (unpaired) electrons. The maximum Gasteiger partial charge on any atom is 0.238 e. The van der Waals surface area contributed by atoms with Gasteiger partial charge in [-0.3, -0.25) is 9.69 Å². The Bertz CT molecular complexity index is 506. The quantitative estimate of drug-likeness (QED) is 0.874. The van der Waals surface area contributed by atoms with Gasteiger partial charge in [-0.2, -0.15) is 0 Å². The molecule has 0 saturated carbocycles. The predicted octanol–water partition coefficient (Wildman–Crippen LogP) is 2.76. The van der Waals surface area contributed by atoms with Gasteiger partial charge in [0.05, 0.1) is 6.54 Å². The van der Waals surface area contributed by atoms with Gasteiger partial charge in [0.25, 0.3) is 0 Å². The van der Waals surface area contributed by atoms with E-state index in [1.165, 1.54) is 6.42 Å². The van der Waals surface area contributed by atoms with Gasteiger partial charge in [0.2, 0.25) is 5.91 Å². The Hall–Kier alpha value is -0.910. The number of aryl methyl sites for hydroxylation is 1. The molecule has 21 heavy (non-hydrogen) atoms.